The fraction of sp³-hybridized carbons (Fsp3) is 0.444. The highest BCUT2D eigenvalue weighted by molar-refractivity contribution is 5.79. The first kappa shape index (κ1) is 23.8. The lowest BCUT2D eigenvalue weighted by Gasteiger charge is -2.26. The summed E-state index contributed by atoms with van der Waals surface area (Å²) in [6.45, 7) is 3.96. The van der Waals surface area contributed by atoms with Crippen LogP contribution in [-0.4, -0.2) is 41.3 Å². The van der Waals surface area contributed by atoms with Crippen LogP contribution in [0.3, 0.4) is 0 Å². The number of carboxylic acids is 1. The minimum absolute atomic E-state index is 0.00641. The zero-order valence-corrected chi connectivity index (χ0v) is 19.7. The summed E-state index contributed by atoms with van der Waals surface area (Å²) in [7, 11) is 0. The molecule has 180 valence electrons. The van der Waals surface area contributed by atoms with Crippen molar-refractivity contribution in [2.24, 2.45) is 5.92 Å². The average Bonchev–Trinajstić information content (AvgIpc) is 3.39. The molecule has 3 N–H and O–H groups in total. The van der Waals surface area contributed by atoms with Gasteiger partial charge >= 0.3 is 12.1 Å². The molecule has 2 atom stereocenters. The van der Waals surface area contributed by atoms with E-state index in [1.54, 1.807) is 0 Å². The van der Waals surface area contributed by atoms with E-state index in [2.05, 4.69) is 34.9 Å². The minimum atomic E-state index is -0.801. The molecule has 2 aromatic rings. The summed E-state index contributed by atoms with van der Waals surface area (Å²) in [5.41, 5.74) is 4.04. The predicted octanol–water partition coefficient (Wildman–Crippen LogP) is 4.45. The summed E-state index contributed by atoms with van der Waals surface area (Å²) >= 11 is 0. The Morgan fingerprint density at radius 3 is 2.21 bits per heavy atom. The van der Waals surface area contributed by atoms with Crippen molar-refractivity contribution in [3.63, 3.8) is 0 Å². The van der Waals surface area contributed by atoms with Crippen LogP contribution < -0.4 is 10.6 Å². The molecule has 0 radical (unpaired) electrons. The molecular formula is C27H32N2O5. The van der Waals surface area contributed by atoms with Crippen molar-refractivity contribution in [2.75, 3.05) is 6.61 Å². The molecule has 0 heterocycles. The number of nitrogens with one attached hydrogen (secondary N) is 2. The van der Waals surface area contributed by atoms with Gasteiger partial charge in [-0.2, -0.15) is 0 Å². The standard InChI is InChI=1S/C27H32N2O5/c1-27(2,14-13-24(30)28-18-12-11-17(15-18)25(31)32)29-26(33)34-16-23-21-9-5-3-7-19(21)20-8-4-6-10-22(20)23/h3-10,17-18,23H,11-16H2,1-2H3,(H,28,30)(H,29,33)(H,31,32)/t17-,18+/m0/s1. The molecule has 1 saturated carbocycles. The molecule has 2 amide bonds. The number of carbonyl (C=O) groups is 3. The van der Waals surface area contributed by atoms with E-state index in [1.165, 1.54) is 11.1 Å². The molecule has 0 spiro atoms. The van der Waals surface area contributed by atoms with Crippen molar-refractivity contribution < 1.29 is 24.2 Å². The molecule has 2 aliphatic carbocycles. The maximum atomic E-state index is 12.6. The van der Waals surface area contributed by atoms with Crippen LogP contribution in [0.1, 0.15) is 63.0 Å². The summed E-state index contributed by atoms with van der Waals surface area (Å²) in [5, 5.41) is 14.9. The van der Waals surface area contributed by atoms with Gasteiger partial charge in [0.1, 0.15) is 6.61 Å². The number of benzene rings is 2. The van der Waals surface area contributed by atoms with Crippen molar-refractivity contribution in [2.45, 2.75) is 63.5 Å². The third kappa shape index (κ3) is 5.41. The number of carboxylic acid groups (broad SMARTS) is 1. The van der Waals surface area contributed by atoms with Gasteiger partial charge in [0.25, 0.3) is 0 Å². The van der Waals surface area contributed by atoms with Gasteiger partial charge in [-0.3, -0.25) is 9.59 Å². The number of amides is 2. The Kier molecular flexibility index (Phi) is 6.91. The van der Waals surface area contributed by atoms with Gasteiger partial charge in [0.05, 0.1) is 5.92 Å². The molecule has 0 bridgehead atoms. The van der Waals surface area contributed by atoms with Crippen LogP contribution in [0, 0.1) is 5.92 Å². The smallest absolute Gasteiger partial charge is 0.407 e. The van der Waals surface area contributed by atoms with E-state index >= 15 is 0 Å². The molecule has 0 aliphatic heterocycles. The lowest BCUT2D eigenvalue weighted by molar-refractivity contribution is -0.141. The summed E-state index contributed by atoms with van der Waals surface area (Å²) in [6, 6.07) is 16.3. The SMILES string of the molecule is CC(C)(CCC(=O)N[C@@H]1CC[C@H](C(=O)O)C1)NC(=O)OCC1c2ccccc2-c2ccccc21. The summed E-state index contributed by atoms with van der Waals surface area (Å²) < 4.78 is 5.62. The Hall–Kier alpha value is -3.35. The van der Waals surface area contributed by atoms with Crippen LogP contribution in [0.25, 0.3) is 11.1 Å². The average molecular weight is 465 g/mol. The second-order valence-corrected chi connectivity index (χ2v) is 9.95. The Bertz CT molecular complexity index is 1030. The first-order chi connectivity index (χ1) is 16.2. The van der Waals surface area contributed by atoms with Crippen LogP contribution in [0.2, 0.25) is 0 Å². The third-order valence-corrected chi connectivity index (χ3v) is 6.91. The van der Waals surface area contributed by atoms with Crippen molar-refractivity contribution in [1.29, 1.82) is 0 Å². The monoisotopic (exact) mass is 464 g/mol. The quantitative estimate of drug-likeness (QED) is 0.535. The highest BCUT2D eigenvalue weighted by Gasteiger charge is 2.32. The van der Waals surface area contributed by atoms with Crippen LogP contribution in [0.15, 0.2) is 48.5 Å². The number of rotatable bonds is 8. The largest absolute Gasteiger partial charge is 0.481 e. The van der Waals surface area contributed by atoms with E-state index in [1.807, 2.05) is 38.1 Å². The summed E-state index contributed by atoms with van der Waals surface area (Å²) in [6.07, 6.45) is 1.93. The van der Waals surface area contributed by atoms with Gasteiger partial charge in [-0.15, -0.1) is 0 Å². The molecule has 0 aromatic heterocycles. The van der Waals surface area contributed by atoms with Gasteiger partial charge < -0.3 is 20.5 Å². The van der Waals surface area contributed by atoms with Gasteiger partial charge in [-0.25, -0.2) is 4.79 Å². The second-order valence-electron chi connectivity index (χ2n) is 9.95. The Morgan fingerprint density at radius 1 is 1.00 bits per heavy atom. The van der Waals surface area contributed by atoms with Crippen LogP contribution in [0.4, 0.5) is 4.79 Å². The number of aliphatic carboxylic acids is 1. The number of carbonyl (C=O) groups excluding carboxylic acids is 2. The molecule has 7 nitrogen and oxygen atoms in total. The highest BCUT2D eigenvalue weighted by atomic mass is 16.5. The fourth-order valence-electron chi connectivity index (χ4n) is 5.04. The third-order valence-electron chi connectivity index (χ3n) is 6.91. The number of hydrogen-bond donors (Lipinski definition) is 3. The van der Waals surface area contributed by atoms with Gasteiger partial charge in [0.15, 0.2) is 0 Å². The van der Waals surface area contributed by atoms with Crippen molar-refractivity contribution in [3.05, 3.63) is 59.7 Å². The van der Waals surface area contributed by atoms with E-state index in [-0.39, 0.29) is 36.8 Å². The van der Waals surface area contributed by atoms with Crippen molar-refractivity contribution in [1.82, 2.24) is 10.6 Å². The zero-order chi connectivity index (χ0) is 24.3. The fourth-order valence-corrected chi connectivity index (χ4v) is 5.04. The highest BCUT2D eigenvalue weighted by Crippen LogP contribution is 2.44. The van der Waals surface area contributed by atoms with Gasteiger partial charge in [0, 0.05) is 23.9 Å². The second kappa shape index (κ2) is 9.87. The molecule has 34 heavy (non-hydrogen) atoms. The lowest BCUT2D eigenvalue weighted by atomic mass is 9.98. The Balaban J connectivity index is 1.25. The summed E-state index contributed by atoms with van der Waals surface area (Å²) in [4.78, 5) is 36.0. The van der Waals surface area contributed by atoms with E-state index in [4.69, 9.17) is 9.84 Å². The van der Waals surface area contributed by atoms with Crippen molar-refractivity contribution in [3.8, 4) is 11.1 Å². The van der Waals surface area contributed by atoms with E-state index in [0.717, 1.165) is 11.1 Å². The number of alkyl carbamates (subject to hydrolysis) is 1. The van der Waals surface area contributed by atoms with Crippen LogP contribution >= 0.6 is 0 Å². The molecule has 7 heteroatoms. The zero-order valence-electron chi connectivity index (χ0n) is 19.7. The van der Waals surface area contributed by atoms with Gasteiger partial charge in [-0.1, -0.05) is 48.5 Å². The van der Waals surface area contributed by atoms with E-state index in [0.29, 0.717) is 25.7 Å². The maximum absolute atomic E-state index is 12.6. The number of fused-ring (bicyclic) bond motifs is 3. The molecule has 1 fully saturated rings. The molecule has 2 aromatic carbocycles. The van der Waals surface area contributed by atoms with Gasteiger partial charge in [0.2, 0.25) is 5.91 Å². The van der Waals surface area contributed by atoms with Crippen LogP contribution in [0.5, 0.6) is 0 Å². The Labute approximate surface area is 199 Å². The normalized spacial score (nSPS) is 19.2. The first-order valence-electron chi connectivity index (χ1n) is 11.9. The van der Waals surface area contributed by atoms with E-state index < -0.39 is 17.6 Å². The summed E-state index contributed by atoms with van der Waals surface area (Å²) in [5.74, 6) is -1.31. The lowest BCUT2D eigenvalue weighted by Crippen LogP contribution is -2.45. The Morgan fingerprint density at radius 2 is 1.62 bits per heavy atom. The molecule has 0 saturated heterocycles. The predicted molar refractivity (Wildman–Crippen MR) is 128 cm³/mol. The molecule has 4 rings (SSSR count). The molecular weight excluding hydrogens is 432 g/mol. The number of ether oxygens (including phenoxy) is 1. The van der Waals surface area contributed by atoms with Gasteiger partial charge in [-0.05, 0) is 61.8 Å². The van der Waals surface area contributed by atoms with Crippen molar-refractivity contribution >= 4 is 18.0 Å². The topological polar surface area (TPSA) is 105 Å². The molecule has 2 aliphatic rings. The van der Waals surface area contributed by atoms with Crippen LogP contribution in [-0.2, 0) is 14.3 Å². The number of hydrogen-bond acceptors (Lipinski definition) is 4. The van der Waals surface area contributed by atoms with E-state index in [9.17, 15) is 14.4 Å². The maximum Gasteiger partial charge on any atom is 0.407 e. The first-order valence-corrected chi connectivity index (χ1v) is 11.9. The molecule has 0 unspecified atom stereocenters. The minimum Gasteiger partial charge on any atom is -0.481 e.